The second-order valence-corrected chi connectivity index (χ2v) is 4.71. The van der Waals surface area contributed by atoms with Crippen LogP contribution in [0.5, 0.6) is 5.75 Å². The molecule has 0 aliphatic heterocycles. The SMILES string of the molecule is CCC(Cc1ccc(OC)c([N+](=O)[O-])c1)C(C)NC. The largest absolute Gasteiger partial charge is 0.490 e. The summed E-state index contributed by atoms with van der Waals surface area (Å²) in [4.78, 5) is 10.6. The molecule has 19 heavy (non-hydrogen) atoms. The van der Waals surface area contributed by atoms with E-state index in [-0.39, 0.29) is 5.69 Å². The molecule has 1 rings (SSSR count). The number of rotatable bonds is 7. The van der Waals surface area contributed by atoms with Gasteiger partial charge < -0.3 is 10.1 Å². The van der Waals surface area contributed by atoms with Gasteiger partial charge >= 0.3 is 5.69 Å². The minimum absolute atomic E-state index is 0.0342. The quantitative estimate of drug-likeness (QED) is 0.609. The Bertz CT molecular complexity index is 435. The van der Waals surface area contributed by atoms with Gasteiger partial charge in [0.25, 0.3) is 0 Å². The predicted octanol–water partition coefficient (Wildman–Crippen LogP) is 2.78. The minimum Gasteiger partial charge on any atom is -0.490 e. The summed E-state index contributed by atoms with van der Waals surface area (Å²) < 4.78 is 5.01. The molecule has 2 atom stereocenters. The van der Waals surface area contributed by atoms with Crippen LogP contribution in [0.25, 0.3) is 0 Å². The van der Waals surface area contributed by atoms with Crippen molar-refractivity contribution in [1.29, 1.82) is 0 Å². The molecule has 2 unspecified atom stereocenters. The highest BCUT2D eigenvalue weighted by atomic mass is 16.6. The average Bonchev–Trinajstić information content (AvgIpc) is 2.43. The van der Waals surface area contributed by atoms with Crippen LogP contribution >= 0.6 is 0 Å². The zero-order valence-corrected chi connectivity index (χ0v) is 12.0. The lowest BCUT2D eigenvalue weighted by atomic mass is 9.90. The zero-order valence-electron chi connectivity index (χ0n) is 12.0. The molecular weight excluding hydrogens is 244 g/mol. The van der Waals surface area contributed by atoms with Crippen molar-refractivity contribution in [3.05, 3.63) is 33.9 Å². The molecule has 0 aliphatic rings. The Morgan fingerprint density at radius 3 is 2.63 bits per heavy atom. The van der Waals surface area contributed by atoms with Crippen LogP contribution in [0, 0.1) is 16.0 Å². The standard InChI is InChI=1S/C14H22N2O3/c1-5-12(10(2)15-3)8-11-6-7-14(19-4)13(9-11)16(17)18/h6-7,9-10,12,15H,5,8H2,1-4H3. The maximum Gasteiger partial charge on any atom is 0.311 e. The molecule has 0 heterocycles. The number of nitrogens with zero attached hydrogens (tertiary/aromatic N) is 1. The van der Waals surface area contributed by atoms with Gasteiger partial charge in [-0.1, -0.05) is 19.4 Å². The molecule has 5 heteroatoms. The van der Waals surface area contributed by atoms with Gasteiger partial charge in [0, 0.05) is 12.1 Å². The second kappa shape index (κ2) is 7.09. The normalized spacial score (nSPS) is 13.9. The zero-order chi connectivity index (χ0) is 14.4. The highest BCUT2D eigenvalue weighted by Gasteiger charge is 2.19. The molecule has 0 saturated carbocycles. The number of nitrogens with one attached hydrogen (secondary N) is 1. The summed E-state index contributed by atoms with van der Waals surface area (Å²) in [5.41, 5.74) is 1.01. The number of nitro groups is 1. The highest BCUT2D eigenvalue weighted by Crippen LogP contribution is 2.29. The summed E-state index contributed by atoms with van der Waals surface area (Å²) in [6.45, 7) is 4.27. The van der Waals surface area contributed by atoms with Gasteiger partial charge in [0.1, 0.15) is 0 Å². The van der Waals surface area contributed by atoms with Gasteiger partial charge in [0.15, 0.2) is 5.75 Å². The van der Waals surface area contributed by atoms with Crippen LogP contribution < -0.4 is 10.1 Å². The van der Waals surface area contributed by atoms with E-state index in [4.69, 9.17) is 4.74 Å². The molecule has 0 aliphatic carbocycles. The summed E-state index contributed by atoms with van der Waals surface area (Å²) in [5, 5.41) is 14.2. The Balaban J connectivity index is 2.95. The van der Waals surface area contributed by atoms with E-state index in [0.29, 0.717) is 17.7 Å². The van der Waals surface area contributed by atoms with Crippen molar-refractivity contribution in [2.24, 2.45) is 5.92 Å². The van der Waals surface area contributed by atoms with Crippen LogP contribution in [0.1, 0.15) is 25.8 Å². The molecule has 0 amide bonds. The molecular formula is C14H22N2O3. The third kappa shape index (κ3) is 3.92. The van der Waals surface area contributed by atoms with Crippen molar-refractivity contribution in [2.75, 3.05) is 14.2 Å². The summed E-state index contributed by atoms with van der Waals surface area (Å²) in [6, 6.07) is 5.57. The topological polar surface area (TPSA) is 64.4 Å². The summed E-state index contributed by atoms with van der Waals surface area (Å²) in [7, 11) is 3.38. The smallest absolute Gasteiger partial charge is 0.311 e. The number of nitro benzene ring substituents is 1. The van der Waals surface area contributed by atoms with Crippen molar-refractivity contribution in [3.8, 4) is 5.75 Å². The number of hydrogen-bond donors (Lipinski definition) is 1. The number of ether oxygens (including phenoxy) is 1. The fourth-order valence-electron chi connectivity index (χ4n) is 2.22. The highest BCUT2D eigenvalue weighted by molar-refractivity contribution is 5.48. The van der Waals surface area contributed by atoms with Crippen LogP contribution in [-0.2, 0) is 6.42 Å². The van der Waals surface area contributed by atoms with Gasteiger partial charge in [-0.2, -0.15) is 0 Å². The Kier molecular flexibility index (Phi) is 5.76. The van der Waals surface area contributed by atoms with E-state index in [1.807, 2.05) is 13.1 Å². The lowest BCUT2D eigenvalue weighted by Gasteiger charge is -2.22. The van der Waals surface area contributed by atoms with Gasteiger partial charge in [-0.05, 0) is 37.9 Å². The molecule has 0 bridgehead atoms. The number of hydrogen-bond acceptors (Lipinski definition) is 4. The first-order chi connectivity index (χ1) is 9.03. The number of benzene rings is 1. The third-order valence-electron chi connectivity index (χ3n) is 3.62. The van der Waals surface area contributed by atoms with Crippen LogP contribution in [-0.4, -0.2) is 25.1 Å². The first kappa shape index (κ1) is 15.4. The van der Waals surface area contributed by atoms with Gasteiger partial charge in [0.05, 0.1) is 12.0 Å². The van der Waals surface area contributed by atoms with E-state index in [2.05, 4.69) is 19.2 Å². The van der Waals surface area contributed by atoms with Crippen molar-refractivity contribution < 1.29 is 9.66 Å². The predicted molar refractivity (Wildman–Crippen MR) is 75.7 cm³/mol. The van der Waals surface area contributed by atoms with Crippen molar-refractivity contribution in [1.82, 2.24) is 5.32 Å². The van der Waals surface area contributed by atoms with Crippen LogP contribution in [0.2, 0.25) is 0 Å². The molecule has 0 fully saturated rings. The van der Waals surface area contributed by atoms with Gasteiger partial charge in [-0.15, -0.1) is 0 Å². The lowest BCUT2D eigenvalue weighted by Crippen LogP contribution is -2.31. The first-order valence-electron chi connectivity index (χ1n) is 6.52. The molecule has 1 aromatic carbocycles. The first-order valence-corrected chi connectivity index (χ1v) is 6.52. The minimum atomic E-state index is -0.398. The van der Waals surface area contributed by atoms with Crippen molar-refractivity contribution in [2.45, 2.75) is 32.7 Å². The van der Waals surface area contributed by atoms with E-state index < -0.39 is 4.92 Å². The Hall–Kier alpha value is -1.62. The molecule has 0 radical (unpaired) electrons. The van der Waals surface area contributed by atoms with Crippen molar-refractivity contribution >= 4 is 5.69 Å². The van der Waals surface area contributed by atoms with Gasteiger partial charge in [-0.3, -0.25) is 10.1 Å². The molecule has 5 nitrogen and oxygen atoms in total. The molecule has 0 saturated heterocycles. The Morgan fingerprint density at radius 1 is 1.47 bits per heavy atom. The average molecular weight is 266 g/mol. The molecule has 0 spiro atoms. The van der Waals surface area contributed by atoms with E-state index in [1.54, 1.807) is 12.1 Å². The van der Waals surface area contributed by atoms with Gasteiger partial charge in [0.2, 0.25) is 0 Å². The maximum absolute atomic E-state index is 11.0. The summed E-state index contributed by atoms with van der Waals surface area (Å²) in [5.74, 6) is 0.765. The molecule has 1 N–H and O–H groups in total. The Morgan fingerprint density at radius 2 is 2.16 bits per heavy atom. The molecule has 1 aromatic rings. The number of methoxy groups -OCH3 is 1. The third-order valence-corrected chi connectivity index (χ3v) is 3.62. The fourth-order valence-corrected chi connectivity index (χ4v) is 2.22. The van der Waals surface area contributed by atoms with E-state index >= 15 is 0 Å². The maximum atomic E-state index is 11.0. The van der Waals surface area contributed by atoms with E-state index in [9.17, 15) is 10.1 Å². The van der Waals surface area contributed by atoms with Crippen LogP contribution in [0.3, 0.4) is 0 Å². The van der Waals surface area contributed by atoms with E-state index in [0.717, 1.165) is 18.4 Å². The van der Waals surface area contributed by atoms with Gasteiger partial charge in [-0.25, -0.2) is 0 Å². The summed E-state index contributed by atoms with van der Waals surface area (Å²) >= 11 is 0. The Labute approximate surface area is 114 Å². The fraction of sp³-hybridized carbons (Fsp3) is 0.571. The summed E-state index contributed by atoms with van der Waals surface area (Å²) in [6.07, 6.45) is 1.85. The lowest BCUT2D eigenvalue weighted by molar-refractivity contribution is -0.385. The van der Waals surface area contributed by atoms with Crippen molar-refractivity contribution in [3.63, 3.8) is 0 Å². The van der Waals surface area contributed by atoms with E-state index in [1.165, 1.54) is 7.11 Å². The van der Waals surface area contributed by atoms with Crippen LogP contribution in [0.15, 0.2) is 18.2 Å². The monoisotopic (exact) mass is 266 g/mol. The second-order valence-electron chi connectivity index (χ2n) is 4.71. The molecule has 106 valence electrons. The molecule has 0 aromatic heterocycles. The van der Waals surface area contributed by atoms with Crippen LogP contribution in [0.4, 0.5) is 5.69 Å².